The van der Waals surface area contributed by atoms with Crippen molar-refractivity contribution in [1.82, 2.24) is 14.4 Å². The summed E-state index contributed by atoms with van der Waals surface area (Å²) in [5.41, 5.74) is 2.08. The molecular formula is C22H15N3O3S3. The first-order valence-electron chi connectivity index (χ1n) is 9.38. The average molecular weight is 466 g/mol. The van der Waals surface area contributed by atoms with Crippen molar-refractivity contribution >= 4 is 44.9 Å². The van der Waals surface area contributed by atoms with Gasteiger partial charge in [-0.2, -0.15) is 0 Å². The molecule has 0 aliphatic rings. The minimum atomic E-state index is -0.380. The standard InChI is InChI=1S/C22H15N3O3S3/c26-18-11-15(23-22-25(18)8-10-30-22)13-28-19(27)12-17-20(16-7-4-9-29-16)24-21(31-17)14-5-2-1-3-6-14/h1-11H,12-13H2. The van der Waals surface area contributed by atoms with Gasteiger partial charge in [-0.1, -0.05) is 36.4 Å². The van der Waals surface area contributed by atoms with Gasteiger partial charge >= 0.3 is 5.97 Å². The van der Waals surface area contributed by atoms with Crippen molar-refractivity contribution in [3.63, 3.8) is 0 Å². The van der Waals surface area contributed by atoms with E-state index in [9.17, 15) is 9.59 Å². The molecule has 0 bridgehead atoms. The molecule has 0 aliphatic heterocycles. The minimum Gasteiger partial charge on any atom is -0.459 e. The number of ether oxygens (including phenoxy) is 1. The van der Waals surface area contributed by atoms with Crippen LogP contribution in [0, 0.1) is 0 Å². The van der Waals surface area contributed by atoms with Crippen LogP contribution in [0.25, 0.3) is 26.1 Å². The first kappa shape index (κ1) is 19.8. The molecule has 6 nitrogen and oxygen atoms in total. The molecule has 0 radical (unpaired) electrons. The molecule has 0 saturated carbocycles. The van der Waals surface area contributed by atoms with E-state index in [1.165, 1.54) is 33.1 Å². The van der Waals surface area contributed by atoms with E-state index in [0.29, 0.717) is 10.7 Å². The molecule has 1 aromatic carbocycles. The second-order valence-electron chi connectivity index (χ2n) is 6.61. The fourth-order valence-corrected chi connectivity index (χ4v) is 5.69. The molecule has 4 heterocycles. The average Bonchev–Trinajstić information content (AvgIpc) is 3.53. The predicted octanol–water partition coefficient (Wildman–Crippen LogP) is 4.89. The lowest BCUT2D eigenvalue weighted by molar-refractivity contribution is -0.144. The fraction of sp³-hybridized carbons (Fsp3) is 0.0909. The van der Waals surface area contributed by atoms with Gasteiger partial charge in [-0.3, -0.25) is 14.0 Å². The summed E-state index contributed by atoms with van der Waals surface area (Å²) in [5, 5.41) is 4.65. The van der Waals surface area contributed by atoms with Crippen LogP contribution in [-0.2, 0) is 22.6 Å². The van der Waals surface area contributed by atoms with Crippen molar-refractivity contribution in [2.75, 3.05) is 0 Å². The van der Waals surface area contributed by atoms with Crippen molar-refractivity contribution in [1.29, 1.82) is 0 Å². The summed E-state index contributed by atoms with van der Waals surface area (Å²) in [7, 11) is 0. The van der Waals surface area contributed by atoms with Crippen LogP contribution in [0.5, 0.6) is 0 Å². The third kappa shape index (κ3) is 4.20. The summed E-state index contributed by atoms with van der Waals surface area (Å²) >= 11 is 4.44. The molecule has 0 fully saturated rings. The summed E-state index contributed by atoms with van der Waals surface area (Å²) in [5.74, 6) is -0.380. The Labute approximate surface area is 189 Å². The number of carbonyl (C=O) groups excluding carboxylic acids is 1. The Bertz CT molecular complexity index is 1400. The van der Waals surface area contributed by atoms with Gasteiger partial charge in [0.15, 0.2) is 4.96 Å². The van der Waals surface area contributed by atoms with Gasteiger partial charge in [-0.25, -0.2) is 9.97 Å². The zero-order valence-corrected chi connectivity index (χ0v) is 18.5. The van der Waals surface area contributed by atoms with Crippen molar-refractivity contribution in [3.05, 3.63) is 86.4 Å². The van der Waals surface area contributed by atoms with E-state index in [-0.39, 0.29) is 24.6 Å². The van der Waals surface area contributed by atoms with Crippen LogP contribution < -0.4 is 5.56 Å². The lowest BCUT2D eigenvalue weighted by atomic mass is 10.2. The van der Waals surface area contributed by atoms with Gasteiger partial charge in [0.2, 0.25) is 0 Å². The third-order valence-electron chi connectivity index (χ3n) is 4.51. The molecule has 5 rings (SSSR count). The van der Waals surface area contributed by atoms with E-state index in [1.54, 1.807) is 22.9 Å². The first-order valence-corrected chi connectivity index (χ1v) is 12.0. The van der Waals surface area contributed by atoms with Gasteiger partial charge in [-0.05, 0) is 11.4 Å². The van der Waals surface area contributed by atoms with Gasteiger partial charge in [0.1, 0.15) is 11.6 Å². The predicted molar refractivity (Wildman–Crippen MR) is 124 cm³/mol. The maximum absolute atomic E-state index is 12.6. The van der Waals surface area contributed by atoms with Gasteiger partial charge in [0.25, 0.3) is 5.56 Å². The summed E-state index contributed by atoms with van der Waals surface area (Å²) in [4.78, 5) is 36.3. The number of aromatic nitrogens is 3. The van der Waals surface area contributed by atoms with E-state index in [2.05, 4.69) is 4.98 Å². The number of thiophene rings is 1. The Hall–Kier alpha value is -3.14. The molecule has 5 aromatic rings. The van der Waals surface area contributed by atoms with E-state index in [0.717, 1.165) is 26.0 Å². The second-order valence-corrected chi connectivity index (χ2v) is 9.52. The van der Waals surface area contributed by atoms with Gasteiger partial charge < -0.3 is 4.74 Å². The van der Waals surface area contributed by atoms with Crippen LogP contribution >= 0.6 is 34.0 Å². The number of rotatable bonds is 6. The first-order chi connectivity index (χ1) is 15.2. The van der Waals surface area contributed by atoms with Crippen LogP contribution in [0.2, 0.25) is 0 Å². The summed E-state index contributed by atoms with van der Waals surface area (Å²) < 4.78 is 6.90. The summed E-state index contributed by atoms with van der Waals surface area (Å²) in [6.07, 6.45) is 1.78. The highest BCUT2D eigenvalue weighted by Crippen LogP contribution is 2.36. The number of nitrogens with zero attached hydrogens (tertiary/aromatic N) is 3. The number of fused-ring (bicyclic) bond motifs is 1. The van der Waals surface area contributed by atoms with E-state index < -0.39 is 0 Å². The Balaban J connectivity index is 1.36. The number of carbonyl (C=O) groups is 1. The highest BCUT2D eigenvalue weighted by atomic mass is 32.1. The zero-order valence-electron chi connectivity index (χ0n) is 16.1. The molecule has 0 spiro atoms. The SMILES string of the molecule is O=C(Cc1sc(-c2ccccc2)nc1-c1cccs1)OCc1cc(=O)n2ccsc2n1. The van der Waals surface area contributed by atoms with Crippen molar-refractivity contribution in [2.45, 2.75) is 13.0 Å². The van der Waals surface area contributed by atoms with Gasteiger partial charge in [0.05, 0.1) is 22.7 Å². The second kappa shape index (κ2) is 8.54. The molecule has 0 N–H and O–H groups in total. The fourth-order valence-electron chi connectivity index (χ4n) is 3.08. The molecular weight excluding hydrogens is 450 g/mol. The van der Waals surface area contributed by atoms with Crippen LogP contribution in [0.3, 0.4) is 0 Å². The Morgan fingerprint density at radius 3 is 2.71 bits per heavy atom. The number of esters is 1. The molecule has 9 heteroatoms. The number of thiazole rings is 2. The van der Waals surface area contributed by atoms with Gasteiger partial charge in [-0.15, -0.1) is 34.0 Å². The number of hydrogen-bond donors (Lipinski definition) is 0. The molecule has 0 aliphatic carbocycles. The lowest BCUT2D eigenvalue weighted by Crippen LogP contribution is -2.15. The van der Waals surface area contributed by atoms with Crippen molar-refractivity contribution in [3.8, 4) is 21.1 Å². The Morgan fingerprint density at radius 1 is 1.03 bits per heavy atom. The third-order valence-corrected chi connectivity index (χ3v) is 7.25. The quantitative estimate of drug-likeness (QED) is 0.334. The largest absolute Gasteiger partial charge is 0.459 e. The maximum Gasteiger partial charge on any atom is 0.311 e. The zero-order chi connectivity index (χ0) is 21.2. The van der Waals surface area contributed by atoms with Crippen molar-refractivity contribution in [2.24, 2.45) is 0 Å². The van der Waals surface area contributed by atoms with Crippen LogP contribution in [0.4, 0.5) is 0 Å². The van der Waals surface area contributed by atoms with Gasteiger partial charge in [0, 0.05) is 28.1 Å². The maximum atomic E-state index is 12.6. The topological polar surface area (TPSA) is 73.6 Å². The van der Waals surface area contributed by atoms with Crippen molar-refractivity contribution < 1.29 is 9.53 Å². The minimum absolute atomic E-state index is 0.0405. The molecule has 0 amide bonds. The molecule has 4 aromatic heterocycles. The summed E-state index contributed by atoms with van der Waals surface area (Å²) in [6.45, 7) is -0.0405. The number of hydrogen-bond acceptors (Lipinski definition) is 8. The normalized spacial score (nSPS) is 11.1. The Kier molecular flexibility index (Phi) is 5.46. The van der Waals surface area contributed by atoms with Crippen LogP contribution in [0.1, 0.15) is 10.6 Å². The molecule has 154 valence electrons. The lowest BCUT2D eigenvalue weighted by Gasteiger charge is -2.04. The Morgan fingerprint density at radius 2 is 1.90 bits per heavy atom. The number of benzene rings is 1. The van der Waals surface area contributed by atoms with E-state index in [1.807, 2.05) is 47.8 Å². The van der Waals surface area contributed by atoms with Crippen LogP contribution in [0.15, 0.2) is 70.3 Å². The van der Waals surface area contributed by atoms with E-state index in [4.69, 9.17) is 9.72 Å². The smallest absolute Gasteiger partial charge is 0.311 e. The van der Waals surface area contributed by atoms with Crippen LogP contribution in [-0.4, -0.2) is 20.3 Å². The highest BCUT2D eigenvalue weighted by molar-refractivity contribution is 7.17. The molecule has 0 atom stereocenters. The molecule has 0 unspecified atom stereocenters. The molecule has 0 saturated heterocycles. The monoisotopic (exact) mass is 465 g/mol. The molecule has 31 heavy (non-hydrogen) atoms. The summed E-state index contributed by atoms with van der Waals surface area (Å²) in [6, 6.07) is 15.3. The van der Waals surface area contributed by atoms with E-state index >= 15 is 0 Å². The highest BCUT2D eigenvalue weighted by Gasteiger charge is 2.19.